The zero-order valence-electron chi connectivity index (χ0n) is 20.9. The molecule has 7 nitrogen and oxygen atoms in total. The molecule has 2 fully saturated rings. The minimum absolute atomic E-state index is 0.0924. The molecule has 0 N–H and O–H groups in total. The van der Waals surface area contributed by atoms with Gasteiger partial charge in [-0.2, -0.15) is 10.1 Å². The number of likely N-dealkylation sites (tertiary alicyclic amines) is 1. The van der Waals surface area contributed by atoms with Crippen molar-refractivity contribution in [3.05, 3.63) is 41.5 Å². The van der Waals surface area contributed by atoms with Crippen LogP contribution in [0, 0.1) is 18.2 Å². The number of anilines is 1. The summed E-state index contributed by atoms with van der Waals surface area (Å²) in [6.45, 7) is 8.94. The molecule has 0 amide bonds. The summed E-state index contributed by atoms with van der Waals surface area (Å²) in [5, 5.41) is 4.40. The molecule has 0 aliphatic carbocycles. The largest absolute Gasteiger partial charge is 0.423 e. The standard InChI is InChI=1S/C26H29F3N6O/c1-15-12-35-23(30-15)17(22(28)29)11-19(32-35)16-9-18(27)21-20(10-16)36-24(31-21)34-8-6-26(14-34)5-7-33(4)25(2,3)13-26/h9-12,22H,5-8,13-14H2,1-4H3. The molecule has 10 heteroatoms. The molecule has 190 valence electrons. The zero-order chi connectivity index (χ0) is 25.4. The first-order chi connectivity index (χ1) is 17.0. The number of aromatic nitrogens is 4. The van der Waals surface area contributed by atoms with Crippen LogP contribution in [0.15, 0.2) is 28.8 Å². The van der Waals surface area contributed by atoms with E-state index >= 15 is 4.39 Å². The molecule has 2 saturated heterocycles. The van der Waals surface area contributed by atoms with E-state index in [1.807, 2.05) is 0 Å². The van der Waals surface area contributed by atoms with Gasteiger partial charge in [0.25, 0.3) is 12.4 Å². The molecule has 1 unspecified atom stereocenters. The summed E-state index contributed by atoms with van der Waals surface area (Å²) in [6.07, 6.45) is 2.06. The Balaban J connectivity index is 1.34. The van der Waals surface area contributed by atoms with Crippen LogP contribution in [-0.4, -0.2) is 56.7 Å². The number of benzene rings is 1. The van der Waals surface area contributed by atoms with Crippen molar-refractivity contribution in [1.29, 1.82) is 0 Å². The van der Waals surface area contributed by atoms with Crippen molar-refractivity contribution >= 4 is 22.8 Å². The quantitative estimate of drug-likeness (QED) is 0.365. The van der Waals surface area contributed by atoms with Crippen molar-refractivity contribution in [2.24, 2.45) is 5.41 Å². The lowest BCUT2D eigenvalue weighted by Gasteiger charge is -2.48. The van der Waals surface area contributed by atoms with Gasteiger partial charge in [-0.15, -0.1) is 0 Å². The van der Waals surface area contributed by atoms with Crippen molar-refractivity contribution < 1.29 is 17.6 Å². The van der Waals surface area contributed by atoms with E-state index in [1.54, 1.807) is 19.2 Å². The lowest BCUT2D eigenvalue weighted by molar-refractivity contribution is 0.0258. The monoisotopic (exact) mass is 498 g/mol. The molecule has 0 radical (unpaired) electrons. The van der Waals surface area contributed by atoms with E-state index in [2.05, 4.69) is 45.8 Å². The molecule has 4 aromatic rings. The molecular formula is C26H29F3N6O. The SMILES string of the molecule is Cc1cn2nc(-c3cc(F)c4nc(N5CCC6(CCN(C)C(C)(C)C6)C5)oc4c3)cc(C(F)F)c2n1. The van der Waals surface area contributed by atoms with Gasteiger partial charge in [-0.3, -0.25) is 0 Å². The fourth-order valence-electron chi connectivity index (χ4n) is 5.97. The average Bonchev–Trinajstić information content (AvgIpc) is 3.51. The molecule has 2 aliphatic heterocycles. The summed E-state index contributed by atoms with van der Waals surface area (Å²) < 4.78 is 50.0. The second-order valence-corrected chi connectivity index (χ2v) is 11.1. The molecule has 1 aromatic carbocycles. The van der Waals surface area contributed by atoms with Crippen LogP contribution in [0.5, 0.6) is 0 Å². The van der Waals surface area contributed by atoms with Crippen molar-refractivity contribution in [2.75, 3.05) is 31.6 Å². The second-order valence-electron chi connectivity index (χ2n) is 11.1. The van der Waals surface area contributed by atoms with Gasteiger partial charge in [0.15, 0.2) is 17.0 Å². The number of imidazole rings is 1. The zero-order valence-corrected chi connectivity index (χ0v) is 20.9. The van der Waals surface area contributed by atoms with E-state index < -0.39 is 12.2 Å². The smallest absolute Gasteiger partial charge is 0.298 e. The summed E-state index contributed by atoms with van der Waals surface area (Å²) in [5.41, 5.74) is 1.67. The Morgan fingerprint density at radius 3 is 2.61 bits per heavy atom. The number of aryl methyl sites for hydroxylation is 1. The fourth-order valence-corrected chi connectivity index (χ4v) is 5.97. The fraction of sp³-hybridized carbons (Fsp3) is 0.500. The number of alkyl halides is 2. The van der Waals surface area contributed by atoms with Gasteiger partial charge in [0.2, 0.25) is 0 Å². The highest BCUT2D eigenvalue weighted by Crippen LogP contribution is 2.47. The van der Waals surface area contributed by atoms with E-state index in [0.717, 1.165) is 38.9 Å². The molecule has 1 atom stereocenters. The molecular weight excluding hydrogens is 469 g/mol. The average molecular weight is 499 g/mol. The third-order valence-electron chi connectivity index (χ3n) is 8.07. The molecule has 0 saturated carbocycles. The van der Waals surface area contributed by atoms with Gasteiger partial charge in [0, 0.05) is 24.2 Å². The number of fused-ring (bicyclic) bond motifs is 2. The number of rotatable bonds is 3. The Kier molecular flexibility index (Phi) is 5.13. The minimum Gasteiger partial charge on any atom is -0.423 e. The van der Waals surface area contributed by atoms with Crippen LogP contribution < -0.4 is 4.90 Å². The van der Waals surface area contributed by atoms with Crippen molar-refractivity contribution in [1.82, 2.24) is 24.5 Å². The van der Waals surface area contributed by atoms with Crippen LogP contribution in [-0.2, 0) is 0 Å². The summed E-state index contributed by atoms with van der Waals surface area (Å²) in [4.78, 5) is 13.1. The van der Waals surface area contributed by atoms with Crippen LogP contribution in [0.25, 0.3) is 28.0 Å². The van der Waals surface area contributed by atoms with E-state index in [-0.39, 0.29) is 39.0 Å². The van der Waals surface area contributed by atoms with E-state index in [9.17, 15) is 8.78 Å². The second kappa shape index (κ2) is 7.93. The van der Waals surface area contributed by atoms with E-state index in [0.29, 0.717) is 17.3 Å². The highest BCUT2D eigenvalue weighted by atomic mass is 19.3. The highest BCUT2D eigenvalue weighted by molar-refractivity contribution is 5.81. The lowest BCUT2D eigenvalue weighted by Crippen LogP contribution is -2.52. The molecule has 2 aliphatic rings. The molecule has 0 bridgehead atoms. The van der Waals surface area contributed by atoms with Gasteiger partial charge in [-0.1, -0.05) is 0 Å². The van der Waals surface area contributed by atoms with Crippen molar-refractivity contribution in [2.45, 2.75) is 52.0 Å². The minimum atomic E-state index is -2.74. The maximum absolute atomic E-state index is 15.2. The maximum atomic E-state index is 15.2. The summed E-state index contributed by atoms with van der Waals surface area (Å²) >= 11 is 0. The van der Waals surface area contributed by atoms with Gasteiger partial charge in [-0.05, 0) is 77.2 Å². The summed E-state index contributed by atoms with van der Waals surface area (Å²) in [5.74, 6) is -0.575. The Labute approximate surface area is 206 Å². The van der Waals surface area contributed by atoms with Crippen LogP contribution in [0.2, 0.25) is 0 Å². The first-order valence-electron chi connectivity index (χ1n) is 12.3. The Morgan fingerprint density at radius 2 is 1.86 bits per heavy atom. The number of halogens is 3. The molecule has 1 spiro atoms. The molecule has 5 heterocycles. The summed E-state index contributed by atoms with van der Waals surface area (Å²) in [6, 6.07) is 4.55. The van der Waals surface area contributed by atoms with Crippen LogP contribution in [0.4, 0.5) is 19.2 Å². The Hall–Kier alpha value is -3.14. The molecule has 6 rings (SSSR count). The van der Waals surface area contributed by atoms with Gasteiger partial charge < -0.3 is 14.2 Å². The van der Waals surface area contributed by atoms with Gasteiger partial charge >= 0.3 is 0 Å². The van der Waals surface area contributed by atoms with Crippen LogP contribution >= 0.6 is 0 Å². The van der Waals surface area contributed by atoms with Crippen molar-refractivity contribution in [3.8, 4) is 11.3 Å². The predicted octanol–water partition coefficient (Wildman–Crippen LogP) is 5.62. The first kappa shape index (κ1) is 23.3. The van der Waals surface area contributed by atoms with Crippen molar-refractivity contribution in [3.63, 3.8) is 0 Å². The first-order valence-corrected chi connectivity index (χ1v) is 12.3. The third-order valence-corrected chi connectivity index (χ3v) is 8.07. The molecule has 36 heavy (non-hydrogen) atoms. The third kappa shape index (κ3) is 3.73. The Bertz CT molecular complexity index is 1480. The summed E-state index contributed by atoms with van der Waals surface area (Å²) in [7, 11) is 2.17. The van der Waals surface area contributed by atoms with Gasteiger partial charge in [0.05, 0.1) is 23.1 Å². The predicted molar refractivity (Wildman–Crippen MR) is 131 cm³/mol. The lowest BCUT2D eigenvalue weighted by atomic mass is 9.70. The number of piperidine rings is 1. The van der Waals surface area contributed by atoms with E-state index in [4.69, 9.17) is 4.42 Å². The number of hydrogen-bond donors (Lipinski definition) is 0. The maximum Gasteiger partial charge on any atom is 0.298 e. The topological polar surface area (TPSA) is 62.7 Å². The number of hydrogen-bond acceptors (Lipinski definition) is 6. The number of nitrogens with zero attached hydrogens (tertiary/aromatic N) is 6. The van der Waals surface area contributed by atoms with E-state index in [1.165, 1.54) is 16.6 Å². The van der Waals surface area contributed by atoms with Gasteiger partial charge in [0.1, 0.15) is 5.52 Å². The molecule has 3 aromatic heterocycles. The normalized spacial score (nSPS) is 22.6. The highest BCUT2D eigenvalue weighted by Gasteiger charge is 2.47. The van der Waals surface area contributed by atoms with Crippen LogP contribution in [0.3, 0.4) is 0 Å². The number of oxazole rings is 1. The van der Waals surface area contributed by atoms with Gasteiger partial charge in [-0.25, -0.2) is 22.7 Å². The Morgan fingerprint density at radius 1 is 1.08 bits per heavy atom. The van der Waals surface area contributed by atoms with Crippen LogP contribution in [0.1, 0.15) is 50.8 Å².